The highest BCUT2D eigenvalue weighted by Gasteiger charge is 2.30. The Hall–Kier alpha value is -1.94. The number of aryl methyl sites for hydroxylation is 2. The maximum Gasteiger partial charge on any atom is 0.233 e. The Bertz CT molecular complexity index is 926. The van der Waals surface area contributed by atoms with E-state index < -0.39 is 15.1 Å². The Balaban J connectivity index is 1.68. The topological polar surface area (TPSA) is 107 Å². The van der Waals surface area contributed by atoms with Crippen molar-refractivity contribution in [2.75, 3.05) is 11.5 Å². The van der Waals surface area contributed by atoms with Crippen molar-refractivity contribution >= 4 is 27.5 Å². The molecule has 1 N–H and O–H groups in total. The summed E-state index contributed by atoms with van der Waals surface area (Å²) in [7, 11) is -3.03. The SMILES string of the molecule is Cc1ccc(-n2nnnc2S[C@@H](C)C(=O)N[C@H]2CCS(=O)(=O)C2)cc1C. The van der Waals surface area contributed by atoms with Crippen LogP contribution in [0, 0.1) is 13.8 Å². The lowest BCUT2D eigenvalue weighted by Gasteiger charge is -2.15. The number of carbonyl (C=O) groups is 1. The molecule has 2 atom stereocenters. The molecule has 0 aliphatic carbocycles. The van der Waals surface area contributed by atoms with Gasteiger partial charge in [0.2, 0.25) is 11.1 Å². The molecule has 140 valence electrons. The fraction of sp³-hybridized carbons (Fsp3) is 0.500. The molecule has 3 rings (SSSR count). The highest BCUT2D eigenvalue weighted by Crippen LogP contribution is 2.24. The maximum absolute atomic E-state index is 12.4. The molecular weight excluding hydrogens is 374 g/mol. The van der Waals surface area contributed by atoms with Crippen molar-refractivity contribution in [3.63, 3.8) is 0 Å². The van der Waals surface area contributed by atoms with Crippen LogP contribution in [0.25, 0.3) is 5.69 Å². The van der Waals surface area contributed by atoms with Crippen LogP contribution in [0.2, 0.25) is 0 Å². The number of tetrazole rings is 1. The Morgan fingerprint density at radius 1 is 1.35 bits per heavy atom. The van der Waals surface area contributed by atoms with Gasteiger partial charge in [-0.25, -0.2) is 8.42 Å². The van der Waals surface area contributed by atoms with Crippen molar-refractivity contribution in [2.45, 2.75) is 43.6 Å². The van der Waals surface area contributed by atoms with Gasteiger partial charge in [-0.2, -0.15) is 4.68 Å². The van der Waals surface area contributed by atoms with Crippen molar-refractivity contribution in [3.8, 4) is 5.69 Å². The van der Waals surface area contributed by atoms with E-state index in [-0.39, 0.29) is 23.5 Å². The van der Waals surface area contributed by atoms with E-state index in [4.69, 9.17) is 0 Å². The van der Waals surface area contributed by atoms with Crippen LogP contribution in [0.3, 0.4) is 0 Å². The number of thioether (sulfide) groups is 1. The lowest BCUT2D eigenvalue weighted by atomic mass is 10.1. The second-order valence-electron chi connectivity index (χ2n) is 6.51. The second kappa shape index (κ2) is 7.36. The third kappa shape index (κ3) is 4.24. The molecule has 0 unspecified atom stereocenters. The summed E-state index contributed by atoms with van der Waals surface area (Å²) in [6.07, 6.45) is 0.464. The molecule has 0 bridgehead atoms. The zero-order valence-electron chi connectivity index (χ0n) is 14.8. The number of aromatic nitrogens is 4. The molecule has 8 nitrogen and oxygen atoms in total. The first-order valence-electron chi connectivity index (χ1n) is 8.28. The number of rotatable bonds is 5. The van der Waals surface area contributed by atoms with Crippen LogP contribution in [-0.4, -0.2) is 57.3 Å². The summed E-state index contributed by atoms with van der Waals surface area (Å²) < 4.78 is 24.6. The Morgan fingerprint density at radius 3 is 2.77 bits per heavy atom. The Morgan fingerprint density at radius 2 is 2.12 bits per heavy atom. The predicted octanol–water partition coefficient (Wildman–Crippen LogP) is 1.06. The molecule has 1 fully saturated rings. The van der Waals surface area contributed by atoms with Crippen LogP contribution in [-0.2, 0) is 14.6 Å². The number of nitrogens with one attached hydrogen (secondary N) is 1. The van der Waals surface area contributed by atoms with Gasteiger partial charge in [-0.3, -0.25) is 4.79 Å². The number of amides is 1. The standard InChI is InChI=1S/C16H21N5O3S2/c1-10-4-5-14(8-11(10)2)21-16(18-19-20-21)25-12(3)15(22)17-13-6-7-26(23,24)9-13/h4-5,8,12-13H,6-7,9H2,1-3H3,(H,17,22)/t12-,13-/m0/s1. The van der Waals surface area contributed by atoms with Gasteiger partial charge in [-0.1, -0.05) is 17.8 Å². The van der Waals surface area contributed by atoms with E-state index in [1.54, 1.807) is 11.6 Å². The highest BCUT2D eigenvalue weighted by atomic mass is 32.2. The van der Waals surface area contributed by atoms with Crippen molar-refractivity contribution < 1.29 is 13.2 Å². The van der Waals surface area contributed by atoms with E-state index in [0.717, 1.165) is 11.3 Å². The summed E-state index contributed by atoms with van der Waals surface area (Å²) in [5.41, 5.74) is 3.13. The van der Waals surface area contributed by atoms with Gasteiger partial charge in [-0.05, 0) is 60.9 Å². The van der Waals surface area contributed by atoms with Crippen molar-refractivity contribution in [2.24, 2.45) is 0 Å². The minimum atomic E-state index is -3.03. The molecule has 0 radical (unpaired) electrons. The number of hydrogen-bond acceptors (Lipinski definition) is 7. The summed E-state index contributed by atoms with van der Waals surface area (Å²) >= 11 is 1.24. The lowest BCUT2D eigenvalue weighted by Crippen LogP contribution is -2.40. The van der Waals surface area contributed by atoms with Gasteiger partial charge in [0.05, 0.1) is 22.4 Å². The summed E-state index contributed by atoms with van der Waals surface area (Å²) in [6, 6.07) is 5.60. The zero-order chi connectivity index (χ0) is 18.9. The van der Waals surface area contributed by atoms with E-state index in [1.807, 2.05) is 32.0 Å². The average Bonchev–Trinajstić information content (AvgIpc) is 3.16. The van der Waals surface area contributed by atoms with Gasteiger partial charge in [0.1, 0.15) is 0 Å². The van der Waals surface area contributed by atoms with E-state index in [9.17, 15) is 13.2 Å². The molecule has 0 spiro atoms. The van der Waals surface area contributed by atoms with E-state index in [0.29, 0.717) is 11.6 Å². The first kappa shape index (κ1) is 18.8. The molecule has 1 saturated heterocycles. The molecule has 26 heavy (non-hydrogen) atoms. The van der Waals surface area contributed by atoms with Gasteiger partial charge in [0.25, 0.3) is 0 Å². The molecule has 1 aromatic heterocycles. The zero-order valence-corrected chi connectivity index (χ0v) is 16.5. The fourth-order valence-electron chi connectivity index (χ4n) is 2.71. The quantitative estimate of drug-likeness (QED) is 0.755. The second-order valence-corrected chi connectivity index (χ2v) is 10.0. The van der Waals surface area contributed by atoms with Gasteiger partial charge < -0.3 is 5.32 Å². The van der Waals surface area contributed by atoms with Crippen LogP contribution in [0.1, 0.15) is 24.5 Å². The minimum absolute atomic E-state index is 0.0104. The molecule has 1 aromatic carbocycles. The number of sulfone groups is 1. The van der Waals surface area contributed by atoms with E-state index in [2.05, 4.69) is 20.8 Å². The van der Waals surface area contributed by atoms with E-state index in [1.165, 1.54) is 17.3 Å². The molecular formula is C16H21N5O3S2. The van der Waals surface area contributed by atoms with Gasteiger partial charge in [0, 0.05) is 6.04 Å². The Kier molecular flexibility index (Phi) is 5.33. The maximum atomic E-state index is 12.4. The highest BCUT2D eigenvalue weighted by molar-refractivity contribution is 8.00. The van der Waals surface area contributed by atoms with Crippen LogP contribution in [0.15, 0.2) is 23.4 Å². The number of carbonyl (C=O) groups excluding carboxylic acids is 1. The fourth-order valence-corrected chi connectivity index (χ4v) is 5.20. The minimum Gasteiger partial charge on any atom is -0.351 e. The molecule has 10 heteroatoms. The number of nitrogens with zero attached hydrogens (tertiary/aromatic N) is 4. The Labute approximate surface area is 156 Å². The van der Waals surface area contributed by atoms with Crippen molar-refractivity contribution in [3.05, 3.63) is 29.3 Å². The number of benzene rings is 1. The summed E-state index contributed by atoms with van der Waals surface area (Å²) in [5.74, 6) is -0.0761. The molecule has 2 aromatic rings. The molecule has 2 heterocycles. The van der Waals surface area contributed by atoms with Gasteiger partial charge in [0.15, 0.2) is 9.84 Å². The molecule has 1 aliphatic heterocycles. The van der Waals surface area contributed by atoms with Crippen LogP contribution >= 0.6 is 11.8 Å². The van der Waals surface area contributed by atoms with Gasteiger partial charge >= 0.3 is 0 Å². The van der Waals surface area contributed by atoms with Crippen LogP contribution < -0.4 is 5.32 Å². The molecule has 0 saturated carbocycles. The largest absolute Gasteiger partial charge is 0.351 e. The third-order valence-electron chi connectivity index (χ3n) is 4.41. The summed E-state index contributed by atoms with van der Waals surface area (Å²) in [6.45, 7) is 5.80. The molecule has 1 amide bonds. The van der Waals surface area contributed by atoms with Crippen molar-refractivity contribution in [1.82, 2.24) is 25.5 Å². The average molecular weight is 396 g/mol. The van der Waals surface area contributed by atoms with Gasteiger partial charge in [-0.15, -0.1) is 5.10 Å². The first-order valence-corrected chi connectivity index (χ1v) is 11.0. The van der Waals surface area contributed by atoms with Crippen LogP contribution in [0.5, 0.6) is 0 Å². The first-order chi connectivity index (χ1) is 12.2. The van der Waals surface area contributed by atoms with E-state index >= 15 is 0 Å². The summed E-state index contributed by atoms with van der Waals surface area (Å²) in [5, 5.41) is 14.6. The monoisotopic (exact) mass is 395 g/mol. The number of hydrogen-bond donors (Lipinski definition) is 1. The third-order valence-corrected chi connectivity index (χ3v) is 7.21. The van der Waals surface area contributed by atoms with Crippen molar-refractivity contribution in [1.29, 1.82) is 0 Å². The normalized spacial score (nSPS) is 20.0. The van der Waals surface area contributed by atoms with Crippen LogP contribution in [0.4, 0.5) is 0 Å². The smallest absolute Gasteiger partial charge is 0.233 e. The predicted molar refractivity (Wildman–Crippen MR) is 99.1 cm³/mol. The molecule has 1 aliphatic rings. The summed E-state index contributed by atoms with van der Waals surface area (Å²) in [4.78, 5) is 12.4. The lowest BCUT2D eigenvalue weighted by molar-refractivity contribution is -0.120.